The van der Waals surface area contributed by atoms with Gasteiger partial charge in [0.2, 0.25) is 0 Å². The zero-order chi connectivity index (χ0) is 11.5. The van der Waals surface area contributed by atoms with Crippen molar-refractivity contribution >= 4 is 5.69 Å². The summed E-state index contributed by atoms with van der Waals surface area (Å²) in [6.45, 7) is 3.87. The van der Waals surface area contributed by atoms with Crippen molar-refractivity contribution in [3.8, 4) is 11.5 Å². The molecule has 2 rings (SSSR count). The van der Waals surface area contributed by atoms with E-state index in [4.69, 9.17) is 10.5 Å². The summed E-state index contributed by atoms with van der Waals surface area (Å²) in [6.07, 6.45) is 1.73. The maximum atomic E-state index is 5.81. The highest BCUT2D eigenvalue weighted by atomic mass is 16.5. The molecule has 3 nitrogen and oxygen atoms in total. The number of aryl methyl sites for hydroxylation is 1. The van der Waals surface area contributed by atoms with Crippen LogP contribution in [0.15, 0.2) is 36.5 Å². The zero-order valence-corrected chi connectivity index (χ0v) is 9.40. The Bertz CT molecular complexity index is 509. The van der Waals surface area contributed by atoms with Gasteiger partial charge in [0.1, 0.15) is 11.5 Å². The number of aromatic nitrogens is 1. The molecule has 0 amide bonds. The number of anilines is 1. The van der Waals surface area contributed by atoms with E-state index < -0.39 is 0 Å². The Hall–Kier alpha value is -2.03. The molecule has 0 fully saturated rings. The van der Waals surface area contributed by atoms with Crippen molar-refractivity contribution in [1.29, 1.82) is 0 Å². The summed E-state index contributed by atoms with van der Waals surface area (Å²) in [5, 5.41) is 0. The molecule has 0 atom stereocenters. The average Bonchev–Trinajstić information content (AvgIpc) is 2.25. The molecule has 2 aromatic rings. The summed E-state index contributed by atoms with van der Waals surface area (Å²) in [5.74, 6) is 1.56. The summed E-state index contributed by atoms with van der Waals surface area (Å²) < 4.78 is 5.75. The molecule has 0 saturated heterocycles. The van der Waals surface area contributed by atoms with Gasteiger partial charge in [0.25, 0.3) is 0 Å². The first-order valence-corrected chi connectivity index (χ1v) is 5.12. The van der Waals surface area contributed by atoms with E-state index in [1.807, 2.05) is 44.2 Å². The lowest BCUT2D eigenvalue weighted by Crippen LogP contribution is -1.93. The number of hydrogen-bond donors (Lipinski definition) is 1. The van der Waals surface area contributed by atoms with Gasteiger partial charge in [-0.1, -0.05) is 6.07 Å². The van der Waals surface area contributed by atoms with Gasteiger partial charge in [-0.25, -0.2) is 0 Å². The summed E-state index contributed by atoms with van der Waals surface area (Å²) in [7, 11) is 0. The predicted molar refractivity (Wildman–Crippen MR) is 64.6 cm³/mol. The Labute approximate surface area is 94.9 Å². The first kappa shape index (κ1) is 10.5. The molecule has 1 aromatic heterocycles. The molecule has 82 valence electrons. The largest absolute Gasteiger partial charge is 0.457 e. The van der Waals surface area contributed by atoms with Gasteiger partial charge in [0, 0.05) is 29.2 Å². The van der Waals surface area contributed by atoms with Crippen molar-refractivity contribution in [2.24, 2.45) is 0 Å². The smallest absolute Gasteiger partial charge is 0.132 e. The molecule has 0 unspecified atom stereocenters. The third-order valence-electron chi connectivity index (χ3n) is 2.42. The maximum Gasteiger partial charge on any atom is 0.132 e. The van der Waals surface area contributed by atoms with Gasteiger partial charge < -0.3 is 10.5 Å². The van der Waals surface area contributed by atoms with Crippen LogP contribution in [-0.4, -0.2) is 4.98 Å². The van der Waals surface area contributed by atoms with Gasteiger partial charge in [-0.3, -0.25) is 4.98 Å². The Morgan fingerprint density at radius 2 is 2.00 bits per heavy atom. The zero-order valence-electron chi connectivity index (χ0n) is 9.40. The Kier molecular flexibility index (Phi) is 2.77. The van der Waals surface area contributed by atoms with E-state index in [0.29, 0.717) is 0 Å². The van der Waals surface area contributed by atoms with E-state index in [2.05, 4.69) is 4.98 Å². The molecule has 1 heterocycles. The molecular formula is C13H14N2O. The topological polar surface area (TPSA) is 48.1 Å². The third-order valence-corrected chi connectivity index (χ3v) is 2.42. The van der Waals surface area contributed by atoms with Crippen LogP contribution < -0.4 is 10.5 Å². The standard InChI is InChI=1S/C13H14N2O/c1-9-8-11(6-7-15-9)16-13-5-3-4-12(14)10(13)2/h3-8H,14H2,1-2H3. The minimum atomic E-state index is 0.739. The van der Waals surface area contributed by atoms with E-state index in [-0.39, 0.29) is 0 Å². The van der Waals surface area contributed by atoms with E-state index in [0.717, 1.165) is 28.4 Å². The molecule has 2 N–H and O–H groups in total. The van der Waals surface area contributed by atoms with Crippen molar-refractivity contribution in [2.45, 2.75) is 13.8 Å². The molecule has 0 spiro atoms. The van der Waals surface area contributed by atoms with Crippen molar-refractivity contribution in [2.75, 3.05) is 5.73 Å². The lowest BCUT2D eigenvalue weighted by Gasteiger charge is -2.10. The first-order chi connectivity index (χ1) is 7.66. The molecule has 3 heteroatoms. The number of nitrogen functional groups attached to an aromatic ring is 1. The third kappa shape index (κ3) is 2.14. The fraction of sp³-hybridized carbons (Fsp3) is 0.154. The molecule has 16 heavy (non-hydrogen) atoms. The van der Waals surface area contributed by atoms with Gasteiger partial charge in [-0.2, -0.15) is 0 Å². The van der Waals surface area contributed by atoms with Gasteiger partial charge in [0.15, 0.2) is 0 Å². The average molecular weight is 214 g/mol. The van der Waals surface area contributed by atoms with Crippen LogP contribution >= 0.6 is 0 Å². The second kappa shape index (κ2) is 4.23. The quantitative estimate of drug-likeness (QED) is 0.781. The highest BCUT2D eigenvalue weighted by molar-refractivity contribution is 5.54. The lowest BCUT2D eigenvalue weighted by molar-refractivity contribution is 0.478. The number of rotatable bonds is 2. The highest BCUT2D eigenvalue weighted by Gasteiger charge is 2.03. The van der Waals surface area contributed by atoms with Crippen LogP contribution in [0.5, 0.6) is 11.5 Å². The van der Waals surface area contributed by atoms with E-state index >= 15 is 0 Å². The molecule has 0 aliphatic rings. The molecule has 0 saturated carbocycles. The van der Waals surface area contributed by atoms with Gasteiger partial charge in [0.05, 0.1) is 0 Å². The minimum absolute atomic E-state index is 0.739. The second-order valence-corrected chi connectivity index (χ2v) is 3.71. The monoisotopic (exact) mass is 214 g/mol. The van der Waals surface area contributed by atoms with Crippen LogP contribution in [0.25, 0.3) is 0 Å². The Balaban J connectivity index is 2.31. The summed E-state index contributed by atoms with van der Waals surface area (Å²) >= 11 is 0. The van der Waals surface area contributed by atoms with E-state index in [9.17, 15) is 0 Å². The Morgan fingerprint density at radius 1 is 1.19 bits per heavy atom. The van der Waals surface area contributed by atoms with Crippen LogP contribution in [0.4, 0.5) is 5.69 Å². The summed E-state index contributed by atoms with van der Waals surface area (Å²) in [4.78, 5) is 4.12. The van der Waals surface area contributed by atoms with Crippen molar-refractivity contribution in [1.82, 2.24) is 4.98 Å². The minimum Gasteiger partial charge on any atom is -0.457 e. The van der Waals surface area contributed by atoms with Crippen molar-refractivity contribution in [3.63, 3.8) is 0 Å². The maximum absolute atomic E-state index is 5.81. The lowest BCUT2D eigenvalue weighted by atomic mass is 10.2. The van der Waals surface area contributed by atoms with Gasteiger partial charge in [-0.15, -0.1) is 0 Å². The number of ether oxygens (including phenoxy) is 1. The van der Waals surface area contributed by atoms with Crippen molar-refractivity contribution in [3.05, 3.63) is 47.8 Å². The van der Waals surface area contributed by atoms with Crippen LogP contribution in [0.2, 0.25) is 0 Å². The SMILES string of the molecule is Cc1cc(Oc2cccc(N)c2C)ccn1. The Morgan fingerprint density at radius 3 is 2.75 bits per heavy atom. The molecule has 0 aliphatic heterocycles. The fourth-order valence-corrected chi connectivity index (χ4v) is 1.45. The molecule has 0 bridgehead atoms. The first-order valence-electron chi connectivity index (χ1n) is 5.12. The molecule has 1 aromatic carbocycles. The number of pyridine rings is 1. The van der Waals surface area contributed by atoms with E-state index in [1.165, 1.54) is 0 Å². The van der Waals surface area contributed by atoms with E-state index in [1.54, 1.807) is 6.20 Å². The van der Waals surface area contributed by atoms with Crippen LogP contribution in [0, 0.1) is 13.8 Å². The number of nitrogens with two attached hydrogens (primary N) is 1. The van der Waals surface area contributed by atoms with Crippen LogP contribution in [-0.2, 0) is 0 Å². The molecule has 0 radical (unpaired) electrons. The second-order valence-electron chi connectivity index (χ2n) is 3.71. The normalized spacial score (nSPS) is 10.1. The van der Waals surface area contributed by atoms with Crippen LogP contribution in [0.1, 0.15) is 11.3 Å². The summed E-state index contributed by atoms with van der Waals surface area (Å²) in [5.41, 5.74) is 8.44. The number of benzene rings is 1. The van der Waals surface area contributed by atoms with Crippen molar-refractivity contribution < 1.29 is 4.74 Å². The number of nitrogens with zero attached hydrogens (tertiary/aromatic N) is 1. The highest BCUT2D eigenvalue weighted by Crippen LogP contribution is 2.28. The molecule has 0 aliphatic carbocycles. The number of hydrogen-bond acceptors (Lipinski definition) is 3. The molecular weight excluding hydrogens is 200 g/mol. The van der Waals surface area contributed by atoms with Gasteiger partial charge >= 0.3 is 0 Å². The summed E-state index contributed by atoms with van der Waals surface area (Å²) in [6, 6.07) is 9.37. The predicted octanol–water partition coefficient (Wildman–Crippen LogP) is 3.07. The van der Waals surface area contributed by atoms with Gasteiger partial charge in [-0.05, 0) is 32.0 Å². The van der Waals surface area contributed by atoms with Crippen LogP contribution in [0.3, 0.4) is 0 Å². The fourth-order valence-electron chi connectivity index (χ4n) is 1.45.